The van der Waals surface area contributed by atoms with Gasteiger partial charge in [-0.05, 0) is 30.3 Å². The minimum Gasteiger partial charge on any atom is -0.356 e. The van der Waals surface area contributed by atoms with Gasteiger partial charge in [-0.25, -0.2) is 8.42 Å². The number of nitrogens with zero attached hydrogens (tertiary/aromatic N) is 1. The number of anilines is 1. The molecule has 1 heterocycles. The lowest BCUT2D eigenvalue weighted by Crippen LogP contribution is -2.15. The van der Waals surface area contributed by atoms with Gasteiger partial charge in [0, 0.05) is 5.39 Å². The second-order valence-electron chi connectivity index (χ2n) is 4.62. The van der Waals surface area contributed by atoms with E-state index < -0.39 is 10.0 Å². The molecule has 0 aliphatic rings. The minimum absolute atomic E-state index is 0.272. The molecule has 0 aliphatic heterocycles. The summed E-state index contributed by atoms with van der Waals surface area (Å²) in [6.45, 7) is 0. The van der Waals surface area contributed by atoms with E-state index in [0.29, 0.717) is 27.4 Å². The van der Waals surface area contributed by atoms with Crippen LogP contribution in [0.3, 0.4) is 0 Å². The molecule has 0 saturated heterocycles. The molecule has 1 N–H and O–H groups in total. The normalized spacial score (nSPS) is 11.7. The Labute approximate surface area is 136 Å². The molecule has 0 spiro atoms. The Kier molecular flexibility index (Phi) is 3.99. The zero-order valence-electron chi connectivity index (χ0n) is 11.1. The van der Waals surface area contributed by atoms with Gasteiger partial charge in [-0.3, -0.25) is 4.72 Å². The molecule has 0 radical (unpaired) electrons. The molecule has 2 aromatic carbocycles. The van der Waals surface area contributed by atoms with Crippen molar-refractivity contribution < 1.29 is 12.9 Å². The zero-order valence-corrected chi connectivity index (χ0v) is 13.4. The van der Waals surface area contributed by atoms with Crippen LogP contribution in [0, 0.1) is 0 Å². The third kappa shape index (κ3) is 3.19. The van der Waals surface area contributed by atoms with Crippen molar-refractivity contribution in [3.8, 4) is 0 Å². The molecule has 5 nitrogen and oxygen atoms in total. The highest BCUT2D eigenvalue weighted by Crippen LogP contribution is 2.26. The fourth-order valence-corrected chi connectivity index (χ4v) is 3.42. The van der Waals surface area contributed by atoms with Gasteiger partial charge < -0.3 is 4.52 Å². The van der Waals surface area contributed by atoms with Crippen LogP contribution in [0.4, 0.5) is 5.69 Å². The lowest BCUT2D eigenvalue weighted by atomic mass is 10.2. The lowest BCUT2D eigenvalue weighted by molar-refractivity contribution is 0.448. The number of aromatic nitrogens is 1. The molecule has 3 rings (SSSR count). The smallest absolute Gasteiger partial charge is 0.238 e. The summed E-state index contributed by atoms with van der Waals surface area (Å²) in [5, 5.41) is 5.11. The van der Waals surface area contributed by atoms with Gasteiger partial charge in [0.05, 0.1) is 15.7 Å². The van der Waals surface area contributed by atoms with Crippen LogP contribution in [-0.2, 0) is 15.8 Å². The number of sulfonamides is 1. The van der Waals surface area contributed by atoms with E-state index in [9.17, 15) is 8.42 Å². The summed E-state index contributed by atoms with van der Waals surface area (Å²) >= 11 is 11.7. The predicted octanol–water partition coefficient (Wildman–Crippen LogP) is 4.08. The first kappa shape index (κ1) is 15.1. The van der Waals surface area contributed by atoms with Gasteiger partial charge in [-0.1, -0.05) is 40.5 Å². The van der Waals surface area contributed by atoms with Gasteiger partial charge in [0.2, 0.25) is 10.0 Å². The van der Waals surface area contributed by atoms with E-state index >= 15 is 0 Å². The standard InChI is InChI=1S/C14H10Cl2N2O3S/c15-11-6-5-9(7-12(11)16)18-22(19,20)8-13-10-3-1-2-4-14(10)21-17-13/h1-7,18H,8H2. The van der Waals surface area contributed by atoms with Crippen molar-refractivity contribution in [3.63, 3.8) is 0 Å². The molecule has 3 aromatic rings. The van der Waals surface area contributed by atoms with Gasteiger partial charge in [0.15, 0.2) is 5.58 Å². The maximum atomic E-state index is 12.2. The number of benzene rings is 2. The fourth-order valence-electron chi connectivity index (χ4n) is 2.00. The Hall–Kier alpha value is -1.76. The van der Waals surface area contributed by atoms with Crippen molar-refractivity contribution in [1.82, 2.24) is 5.16 Å². The molecular weight excluding hydrogens is 347 g/mol. The number of fused-ring (bicyclic) bond motifs is 1. The first-order valence-electron chi connectivity index (χ1n) is 6.23. The SMILES string of the molecule is O=S(=O)(Cc1noc2ccccc12)Nc1ccc(Cl)c(Cl)c1. The maximum Gasteiger partial charge on any atom is 0.238 e. The van der Waals surface area contributed by atoms with Crippen molar-refractivity contribution in [2.75, 3.05) is 4.72 Å². The average molecular weight is 357 g/mol. The van der Waals surface area contributed by atoms with Crippen LogP contribution in [0.5, 0.6) is 0 Å². The number of para-hydroxylation sites is 1. The van der Waals surface area contributed by atoms with Crippen LogP contribution in [0.15, 0.2) is 47.0 Å². The third-order valence-corrected chi connectivity index (χ3v) is 4.91. The second-order valence-corrected chi connectivity index (χ2v) is 7.15. The molecule has 0 unspecified atom stereocenters. The highest BCUT2D eigenvalue weighted by Gasteiger charge is 2.17. The quantitative estimate of drug-likeness (QED) is 0.764. The van der Waals surface area contributed by atoms with E-state index in [-0.39, 0.29) is 10.8 Å². The van der Waals surface area contributed by atoms with Crippen LogP contribution < -0.4 is 4.72 Å². The van der Waals surface area contributed by atoms with Crippen molar-refractivity contribution in [3.05, 3.63) is 58.2 Å². The van der Waals surface area contributed by atoms with Crippen molar-refractivity contribution in [1.29, 1.82) is 0 Å². The third-order valence-electron chi connectivity index (χ3n) is 2.97. The Balaban J connectivity index is 1.85. The molecule has 0 fully saturated rings. The largest absolute Gasteiger partial charge is 0.356 e. The minimum atomic E-state index is -3.65. The van der Waals surface area contributed by atoms with Gasteiger partial charge >= 0.3 is 0 Å². The van der Waals surface area contributed by atoms with E-state index in [4.69, 9.17) is 27.7 Å². The Morgan fingerprint density at radius 1 is 1.09 bits per heavy atom. The van der Waals surface area contributed by atoms with E-state index in [1.807, 2.05) is 0 Å². The number of nitrogens with one attached hydrogen (secondary N) is 1. The van der Waals surface area contributed by atoms with Crippen LogP contribution in [0.1, 0.15) is 5.69 Å². The van der Waals surface area contributed by atoms with E-state index in [2.05, 4.69) is 9.88 Å². The molecule has 0 atom stereocenters. The van der Waals surface area contributed by atoms with Crippen LogP contribution in [-0.4, -0.2) is 13.6 Å². The summed E-state index contributed by atoms with van der Waals surface area (Å²) in [5.74, 6) is -0.301. The van der Waals surface area contributed by atoms with Crippen molar-refractivity contribution in [2.24, 2.45) is 0 Å². The number of halogens is 2. The molecule has 0 bridgehead atoms. The summed E-state index contributed by atoms with van der Waals surface area (Å²) in [6.07, 6.45) is 0. The first-order chi connectivity index (χ1) is 10.4. The van der Waals surface area contributed by atoms with E-state index in [1.165, 1.54) is 18.2 Å². The lowest BCUT2D eigenvalue weighted by Gasteiger charge is -2.07. The maximum absolute atomic E-state index is 12.2. The topological polar surface area (TPSA) is 72.2 Å². The first-order valence-corrected chi connectivity index (χ1v) is 8.64. The molecule has 0 aliphatic carbocycles. The van der Waals surface area contributed by atoms with Crippen LogP contribution in [0.25, 0.3) is 11.0 Å². The Bertz CT molecular complexity index is 938. The molecular formula is C14H10Cl2N2O3S. The summed E-state index contributed by atoms with van der Waals surface area (Å²) in [7, 11) is -3.65. The molecule has 1 aromatic heterocycles. The summed E-state index contributed by atoms with van der Waals surface area (Å²) in [5.41, 5.74) is 1.23. The number of hydrogen-bond donors (Lipinski definition) is 1. The molecule has 0 saturated carbocycles. The van der Waals surface area contributed by atoms with Crippen LogP contribution >= 0.6 is 23.2 Å². The highest BCUT2D eigenvalue weighted by molar-refractivity contribution is 7.91. The summed E-state index contributed by atoms with van der Waals surface area (Å²) in [4.78, 5) is 0. The van der Waals surface area contributed by atoms with Crippen molar-refractivity contribution >= 4 is 49.9 Å². The summed E-state index contributed by atoms with van der Waals surface area (Å²) in [6, 6.07) is 11.6. The summed E-state index contributed by atoms with van der Waals surface area (Å²) < 4.78 is 32.0. The van der Waals surface area contributed by atoms with Gasteiger partial charge in [-0.15, -0.1) is 0 Å². The molecule has 114 valence electrons. The van der Waals surface area contributed by atoms with Gasteiger partial charge in [0.25, 0.3) is 0 Å². The van der Waals surface area contributed by atoms with Crippen molar-refractivity contribution in [2.45, 2.75) is 5.75 Å². The van der Waals surface area contributed by atoms with Gasteiger partial charge in [0.1, 0.15) is 11.4 Å². The zero-order chi connectivity index (χ0) is 15.7. The monoisotopic (exact) mass is 356 g/mol. The molecule has 8 heteroatoms. The second kappa shape index (κ2) is 5.79. The van der Waals surface area contributed by atoms with E-state index in [0.717, 1.165) is 0 Å². The van der Waals surface area contributed by atoms with Gasteiger partial charge in [-0.2, -0.15) is 0 Å². The Morgan fingerprint density at radius 2 is 1.86 bits per heavy atom. The van der Waals surface area contributed by atoms with E-state index in [1.54, 1.807) is 24.3 Å². The Morgan fingerprint density at radius 3 is 2.64 bits per heavy atom. The van der Waals surface area contributed by atoms with Crippen LogP contribution in [0.2, 0.25) is 10.0 Å². The fraction of sp³-hybridized carbons (Fsp3) is 0.0714. The number of hydrogen-bond acceptors (Lipinski definition) is 4. The average Bonchev–Trinajstić information content (AvgIpc) is 2.85. The predicted molar refractivity (Wildman–Crippen MR) is 86.7 cm³/mol. The highest BCUT2D eigenvalue weighted by atomic mass is 35.5. The molecule has 0 amide bonds. The number of rotatable bonds is 4. The molecule has 22 heavy (non-hydrogen) atoms.